The molecule has 0 saturated carbocycles. The number of methoxy groups -OCH3 is 1. The Morgan fingerprint density at radius 2 is 1.48 bits per heavy atom. The monoisotopic (exact) mass is 448 g/mol. The van der Waals surface area contributed by atoms with Crippen LogP contribution in [0.1, 0.15) is 20.7 Å². The minimum absolute atomic E-state index is 0.193. The second kappa shape index (κ2) is 9.18. The number of hydrogen-bond donors (Lipinski definition) is 2. The standard InChI is InChI=1S/C21H15Cl3N2O3/c1-29-15-4-2-3-14(11-15)25-21(28)17-9-12(22)6-8-19(17)26-20(27)16-7-5-13(23)10-18(16)24/h2-11H,1H3,(H,25,28)(H,26,27). The number of amides is 2. The number of carbonyl (C=O) groups excluding carboxylic acids is 2. The normalized spacial score (nSPS) is 10.3. The Morgan fingerprint density at radius 3 is 2.21 bits per heavy atom. The average Bonchev–Trinajstić information content (AvgIpc) is 2.69. The summed E-state index contributed by atoms with van der Waals surface area (Å²) >= 11 is 18.0. The molecule has 0 aliphatic rings. The molecule has 0 unspecified atom stereocenters. The highest BCUT2D eigenvalue weighted by molar-refractivity contribution is 6.37. The van der Waals surface area contributed by atoms with E-state index in [9.17, 15) is 9.59 Å². The molecule has 0 atom stereocenters. The molecule has 3 aromatic carbocycles. The van der Waals surface area contributed by atoms with E-state index in [1.165, 1.54) is 25.3 Å². The molecule has 0 radical (unpaired) electrons. The minimum atomic E-state index is -0.482. The van der Waals surface area contributed by atoms with Crippen LogP contribution in [0.4, 0.5) is 11.4 Å². The van der Waals surface area contributed by atoms with E-state index in [0.717, 1.165) is 0 Å². The summed E-state index contributed by atoms with van der Waals surface area (Å²) in [6.45, 7) is 0. The number of carbonyl (C=O) groups is 2. The van der Waals surface area contributed by atoms with E-state index in [1.54, 1.807) is 42.5 Å². The third-order valence-electron chi connectivity index (χ3n) is 3.98. The molecule has 0 aromatic heterocycles. The maximum absolute atomic E-state index is 12.8. The van der Waals surface area contributed by atoms with Crippen LogP contribution < -0.4 is 15.4 Å². The number of rotatable bonds is 5. The van der Waals surface area contributed by atoms with Crippen LogP contribution in [0.5, 0.6) is 5.75 Å². The van der Waals surface area contributed by atoms with Crippen LogP contribution in [-0.2, 0) is 0 Å². The lowest BCUT2D eigenvalue weighted by Gasteiger charge is -2.13. The summed E-state index contributed by atoms with van der Waals surface area (Å²) in [6.07, 6.45) is 0. The van der Waals surface area contributed by atoms with E-state index in [0.29, 0.717) is 21.5 Å². The molecule has 5 nitrogen and oxygen atoms in total. The van der Waals surface area contributed by atoms with Gasteiger partial charge in [-0.3, -0.25) is 9.59 Å². The van der Waals surface area contributed by atoms with Gasteiger partial charge in [-0.1, -0.05) is 40.9 Å². The highest BCUT2D eigenvalue weighted by Crippen LogP contribution is 2.26. The van der Waals surface area contributed by atoms with Gasteiger partial charge in [-0.15, -0.1) is 0 Å². The molecule has 3 aromatic rings. The van der Waals surface area contributed by atoms with E-state index in [1.807, 2.05) is 0 Å². The molecule has 29 heavy (non-hydrogen) atoms. The molecule has 148 valence electrons. The molecule has 8 heteroatoms. The summed E-state index contributed by atoms with van der Waals surface area (Å²) in [7, 11) is 1.54. The Balaban J connectivity index is 1.87. The van der Waals surface area contributed by atoms with Crippen molar-refractivity contribution in [3.63, 3.8) is 0 Å². The van der Waals surface area contributed by atoms with E-state index >= 15 is 0 Å². The lowest BCUT2D eigenvalue weighted by Crippen LogP contribution is -2.18. The Bertz CT molecular complexity index is 1090. The van der Waals surface area contributed by atoms with Crippen molar-refractivity contribution < 1.29 is 14.3 Å². The van der Waals surface area contributed by atoms with Gasteiger partial charge >= 0.3 is 0 Å². The molecule has 0 fully saturated rings. The maximum Gasteiger partial charge on any atom is 0.257 e. The lowest BCUT2D eigenvalue weighted by molar-refractivity contribution is 0.102. The molecule has 2 N–H and O–H groups in total. The third kappa shape index (κ3) is 5.21. The molecule has 0 aliphatic carbocycles. The predicted molar refractivity (Wildman–Crippen MR) is 117 cm³/mol. The number of benzene rings is 3. The van der Waals surface area contributed by atoms with Gasteiger partial charge in [-0.2, -0.15) is 0 Å². The summed E-state index contributed by atoms with van der Waals surface area (Å²) in [5, 5.41) is 6.42. The van der Waals surface area contributed by atoms with Gasteiger partial charge in [0.2, 0.25) is 0 Å². The molecule has 0 bridgehead atoms. The summed E-state index contributed by atoms with van der Waals surface area (Å²) in [4.78, 5) is 25.4. The second-order valence-electron chi connectivity index (χ2n) is 5.95. The van der Waals surface area contributed by atoms with Crippen molar-refractivity contribution in [3.05, 3.63) is 86.9 Å². The Kier molecular flexibility index (Phi) is 6.64. The zero-order valence-corrected chi connectivity index (χ0v) is 17.4. The first-order valence-electron chi connectivity index (χ1n) is 8.39. The first kappa shape index (κ1) is 21.0. The molecule has 2 amide bonds. The van der Waals surface area contributed by atoms with Crippen LogP contribution in [0, 0.1) is 0 Å². The van der Waals surface area contributed by atoms with Gasteiger partial charge in [0.25, 0.3) is 11.8 Å². The third-order valence-corrected chi connectivity index (χ3v) is 4.76. The first-order chi connectivity index (χ1) is 13.9. The second-order valence-corrected chi connectivity index (χ2v) is 7.23. The number of halogens is 3. The molecule has 0 aliphatic heterocycles. The predicted octanol–water partition coefficient (Wildman–Crippen LogP) is 6.16. The van der Waals surface area contributed by atoms with Crippen molar-refractivity contribution in [1.29, 1.82) is 0 Å². The van der Waals surface area contributed by atoms with Crippen molar-refractivity contribution in [2.75, 3.05) is 17.7 Å². The Labute approximate surface area is 182 Å². The van der Waals surface area contributed by atoms with Crippen molar-refractivity contribution in [1.82, 2.24) is 0 Å². The van der Waals surface area contributed by atoms with Gasteiger partial charge in [0, 0.05) is 21.8 Å². The van der Waals surface area contributed by atoms with Crippen molar-refractivity contribution in [3.8, 4) is 5.75 Å². The zero-order valence-electron chi connectivity index (χ0n) is 15.1. The number of anilines is 2. The van der Waals surface area contributed by atoms with Crippen LogP contribution in [0.15, 0.2) is 60.7 Å². The smallest absolute Gasteiger partial charge is 0.257 e. The summed E-state index contributed by atoms with van der Waals surface area (Å²) in [5.41, 5.74) is 1.24. The van der Waals surface area contributed by atoms with Gasteiger partial charge in [0.1, 0.15) is 5.75 Å². The molecular weight excluding hydrogens is 435 g/mol. The van der Waals surface area contributed by atoms with E-state index < -0.39 is 11.8 Å². The fourth-order valence-electron chi connectivity index (χ4n) is 2.58. The van der Waals surface area contributed by atoms with Crippen molar-refractivity contribution in [2.24, 2.45) is 0 Å². The highest BCUT2D eigenvalue weighted by atomic mass is 35.5. The van der Waals surface area contributed by atoms with Crippen molar-refractivity contribution in [2.45, 2.75) is 0 Å². The molecule has 0 heterocycles. The van der Waals surface area contributed by atoms with Crippen molar-refractivity contribution >= 4 is 58.0 Å². The van der Waals surface area contributed by atoms with Crippen LogP contribution in [0.25, 0.3) is 0 Å². The van der Waals surface area contributed by atoms with Gasteiger partial charge in [-0.25, -0.2) is 0 Å². The highest BCUT2D eigenvalue weighted by Gasteiger charge is 2.17. The van der Waals surface area contributed by atoms with Crippen LogP contribution >= 0.6 is 34.8 Å². The first-order valence-corrected chi connectivity index (χ1v) is 9.52. The maximum atomic E-state index is 12.8. The van der Waals surface area contributed by atoms with Gasteiger partial charge in [0.15, 0.2) is 0 Å². The number of hydrogen-bond acceptors (Lipinski definition) is 3. The van der Waals surface area contributed by atoms with Gasteiger partial charge in [-0.05, 0) is 48.5 Å². The quantitative estimate of drug-likeness (QED) is 0.490. The largest absolute Gasteiger partial charge is 0.497 e. The zero-order chi connectivity index (χ0) is 21.0. The Morgan fingerprint density at radius 1 is 0.793 bits per heavy atom. The lowest BCUT2D eigenvalue weighted by atomic mass is 10.1. The molecular formula is C21H15Cl3N2O3. The van der Waals surface area contributed by atoms with E-state index in [4.69, 9.17) is 39.5 Å². The van der Waals surface area contributed by atoms with Gasteiger partial charge < -0.3 is 15.4 Å². The Hall–Kier alpha value is -2.73. The number of ether oxygens (including phenoxy) is 1. The molecule has 0 spiro atoms. The van der Waals surface area contributed by atoms with Crippen LogP contribution in [-0.4, -0.2) is 18.9 Å². The SMILES string of the molecule is COc1cccc(NC(=O)c2cc(Cl)ccc2NC(=O)c2ccc(Cl)cc2Cl)c1. The van der Waals surface area contributed by atoms with Gasteiger partial charge in [0.05, 0.1) is 28.9 Å². The average molecular weight is 450 g/mol. The van der Waals surface area contributed by atoms with Crippen LogP contribution in [0.2, 0.25) is 15.1 Å². The molecule has 3 rings (SSSR count). The van der Waals surface area contributed by atoms with E-state index in [-0.39, 0.29) is 21.8 Å². The van der Waals surface area contributed by atoms with E-state index in [2.05, 4.69) is 10.6 Å². The fraction of sp³-hybridized carbons (Fsp3) is 0.0476. The summed E-state index contributed by atoms with van der Waals surface area (Å²) in [6, 6.07) is 16.0. The number of nitrogens with one attached hydrogen (secondary N) is 2. The summed E-state index contributed by atoms with van der Waals surface area (Å²) in [5.74, 6) is -0.331. The summed E-state index contributed by atoms with van der Waals surface area (Å²) < 4.78 is 5.15. The fourth-order valence-corrected chi connectivity index (χ4v) is 3.24. The topological polar surface area (TPSA) is 67.4 Å². The van der Waals surface area contributed by atoms with Crippen LogP contribution in [0.3, 0.4) is 0 Å². The minimum Gasteiger partial charge on any atom is -0.497 e. The molecule has 0 saturated heterocycles.